The van der Waals surface area contributed by atoms with Crippen molar-refractivity contribution < 1.29 is 4.74 Å². The number of nitrogens with zero attached hydrogens (tertiary/aromatic N) is 1. The number of hydrogen-bond donors (Lipinski definition) is 1. The van der Waals surface area contributed by atoms with Crippen LogP contribution in [0.4, 0.5) is 0 Å². The largest absolute Gasteiger partial charge is 0.487 e. The molecular weight excluding hydrogens is 254 g/mol. The second kappa shape index (κ2) is 6.43. The summed E-state index contributed by atoms with van der Waals surface area (Å²) in [5, 5.41) is 0. The second-order valence-corrected chi connectivity index (χ2v) is 4.56. The molecule has 2 aromatic rings. The van der Waals surface area contributed by atoms with Crippen molar-refractivity contribution in [1.82, 2.24) is 4.98 Å². The quantitative estimate of drug-likeness (QED) is 0.829. The van der Waals surface area contributed by atoms with Crippen LogP contribution in [0, 0.1) is 6.92 Å². The van der Waals surface area contributed by atoms with E-state index in [2.05, 4.69) is 24.2 Å². The van der Waals surface area contributed by atoms with Crippen molar-refractivity contribution in [3.63, 3.8) is 0 Å². The van der Waals surface area contributed by atoms with Gasteiger partial charge in [-0.15, -0.1) is 0 Å². The molecule has 0 aliphatic rings. The van der Waals surface area contributed by atoms with E-state index < -0.39 is 0 Å². The smallest absolute Gasteiger partial charge is 0.145 e. The zero-order valence-corrected chi connectivity index (χ0v) is 11.9. The number of pyridine rings is 1. The maximum Gasteiger partial charge on any atom is 0.145 e. The molecular formula is C16H17NOS. The molecule has 3 heteroatoms. The van der Waals surface area contributed by atoms with Gasteiger partial charge in [-0.05, 0) is 18.1 Å². The van der Waals surface area contributed by atoms with Crippen LogP contribution >= 0.6 is 12.6 Å². The van der Waals surface area contributed by atoms with Crippen LogP contribution in [0.25, 0.3) is 6.08 Å². The number of thiol groups is 1. The average Bonchev–Trinajstić information content (AvgIpc) is 2.46. The monoisotopic (exact) mass is 271 g/mol. The first-order chi connectivity index (χ1) is 9.26. The first kappa shape index (κ1) is 13.7. The Labute approximate surface area is 119 Å². The Morgan fingerprint density at radius 3 is 2.68 bits per heavy atom. The fourth-order valence-corrected chi connectivity index (χ4v) is 2.24. The summed E-state index contributed by atoms with van der Waals surface area (Å²) in [7, 11) is 0. The maximum absolute atomic E-state index is 5.93. The second-order valence-electron chi connectivity index (χ2n) is 4.24. The fourth-order valence-electron chi connectivity index (χ4n) is 1.91. The van der Waals surface area contributed by atoms with Gasteiger partial charge in [0.05, 0.1) is 5.69 Å². The van der Waals surface area contributed by atoms with Crippen molar-refractivity contribution in [2.24, 2.45) is 0 Å². The van der Waals surface area contributed by atoms with E-state index in [0.29, 0.717) is 12.4 Å². The summed E-state index contributed by atoms with van der Waals surface area (Å²) in [6.07, 6.45) is 3.59. The lowest BCUT2D eigenvalue weighted by atomic mass is 10.1. The van der Waals surface area contributed by atoms with Gasteiger partial charge in [0.25, 0.3) is 0 Å². The van der Waals surface area contributed by atoms with Gasteiger partial charge in [-0.2, -0.15) is 12.6 Å². The molecule has 0 radical (unpaired) electrons. The molecule has 1 aromatic carbocycles. The van der Waals surface area contributed by atoms with Crippen LogP contribution in [0.15, 0.2) is 43.1 Å². The van der Waals surface area contributed by atoms with Gasteiger partial charge in [0.2, 0.25) is 0 Å². The summed E-state index contributed by atoms with van der Waals surface area (Å²) in [5.74, 6) is 1.42. The first-order valence-corrected chi connectivity index (χ1v) is 6.78. The van der Waals surface area contributed by atoms with E-state index in [9.17, 15) is 0 Å². The van der Waals surface area contributed by atoms with Crippen LogP contribution < -0.4 is 4.74 Å². The van der Waals surface area contributed by atoms with E-state index in [0.717, 1.165) is 28.1 Å². The Kier molecular flexibility index (Phi) is 4.63. The summed E-state index contributed by atoms with van der Waals surface area (Å²) >= 11 is 4.38. The van der Waals surface area contributed by atoms with Crippen molar-refractivity contribution in [2.75, 3.05) is 0 Å². The molecule has 2 rings (SSSR count). The SMILES string of the molecule is C=Cc1cnc(C)c(OCc2ccccc2)c1CS. The van der Waals surface area contributed by atoms with Crippen LogP contribution in [0.3, 0.4) is 0 Å². The van der Waals surface area contributed by atoms with Crippen LogP contribution in [0.5, 0.6) is 5.75 Å². The number of rotatable bonds is 5. The molecule has 0 N–H and O–H groups in total. The lowest BCUT2D eigenvalue weighted by Gasteiger charge is -2.14. The molecule has 1 aromatic heterocycles. The fraction of sp³-hybridized carbons (Fsp3) is 0.188. The van der Waals surface area contributed by atoms with Gasteiger partial charge in [0.1, 0.15) is 12.4 Å². The highest BCUT2D eigenvalue weighted by Gasteiger charge is 2.11. The molecule has 1 heterocycles. The summed E-state index contributed by atoms with van der Waals surface area (Å²) in [4.78, 5) is 4.34. The molecule has 2 nitrogen and oxygen atoms in total. The minimum atomic E-state index is 0.532. The normalized spacial score (nSPS) is 10.2. The van der Waals surface area contributed by atoms with Gasteiger partial charge in [-0.1, -0.05) is 43.0 Å². The van der Waals surface area contributed by atoms with Crippen molar-refractivity contribution >= 4 is 18.7 Å². The van der Waals surface area contributed by atoms with Gasteiger partial charge < -0.3 is 4.74 Å². The lowest BCUT2D eigenvalue weighted by Crippen LogP contribution is -2.03. The van der Waals surface area contributed by atoms with Crippen molar-refractivity contribution in [3.05, 3.63) is 65.5 Å². The molecule has 0 atom stereocenters. The summed E-state index contributed by atoms with van der Waals surface area (Å²) < 4.78 is 5.93. The molecule has 0 saturated carbocycles. The highest BCUT2D eigenvalue weighted by Crippen LogP contribution is 2.28. The van der Waals surface area contributed by atoms with Gasteiger partial charge in [-0.3, -0.25) is 4.98 Å². The first-order valence-electron chi connectivity index (χ1n) is 6.14. The molecule has 0 unspecified atom stereocenters. The van der Waals surface area contributed by atoms with Crippen LogP contribution in [-0.2, 0) is 12.4 Å². The minimum Gasteiger partial charge on any atom is -0.487 e. The van der Waals surface area contributed by atoms with Crippen LogP contribution in [0.2, 0.25) is 0 Å². The highest BCUT2D eigenvalue weighted by molar-refractivity contribution is 7.79. The maximum atomic E-state index is 5.93. The third kappa shape index (κ3) is 3.18. The zero-order chi connectivity index (χ0) is 13.7. The highest BCUT2D eigenvalue weighted by atomic mass is 32.1. The predicted molar refractivity (Wildman–Crippen MR) is 82.5 cm³/mol. The third-order valence-corrected chi connectivity index (χ3v) is 3.27. The number of aryl methyl sites for hydroxylation is 1. The summed E-state index contributed by atoms with van der Waals surface area (Å²) in [6, 6.07) is 10.1. The Bertz CT molecular complexity index is 566. The van der Waals surface area contributed by atoms with Crippen LogP contribution in [0.1, 0.15) is 22.4 Å². The number of benzene rings is 1. The van der Waals surface area contributed by atoms with E-state index in [4.69, 9.17) is 4.74 Å². The summed E-state index contributed by atoms with van der Waals surface area (Å²) in [6.45, 7) is 6.28. The van der Waals surface area contributed by atoms with Gasteiger partial charge >= 0.3 is 0 Å². The molecule has 0 saturated heterocycles. The molecule has 0 bridgehead atoms. The standard InChI is InChI=1S/C16H17NOS/c1-3-14-9-17-12(2)16(15(14)11-19)18-10-13-7-5-4-6-8-13/h3-9,19H,1,10-11H2,2H3. The molecule has 0 spiro atoms. The topological polar surface area (TPSA) is 22.1 Å². The molecule has 0 aliphatic carbocycles. The number of ether oxygens (including phenoxy) is 1. The Morgan fingerprint density at radius 1 is 1.32 bits per heavy atom. The Balaban J connectivity index is 2.26. The third-order valence-electron chi connectivity index (χ3n) is 2.95. The van der Waals surface area contributed by atoms with Crippen molar-refractivity contribution in [3.8, 4) is 5.75 Å². The predicted octanol–water partition coefficient (Wildman–Crippen LogP) is 4.04. The molecule has 19 heavy (non-hydrogen) atoms. The van der Waals surface area contributed by atoms with Crippen molar-refractivity contribution in [2.45, 2.75) is 19.3 Å². The van der Waals surface area contributed by atoms with Crippen molar-refractivity contribution in [1.29, 1.82) is 0 Å². The van der Waals surface area contributed by atoms with E-state index in [1.807, 2.05) is 43.5 Å². The zero-order valence-electron chi connectivity index (χ0n) is 11.0. The van der Waals surface area contributed by atoms with E-state index in [1.54, 1.807) is 6.08 Å². The summed E-state index contributed by atoms with van der Waals surface area (Å²) in [5.41, 5.74) is 4.03. The minimum absolute atomic E-state index is 0.532. The molecule has 0 fully saturated rings. The van der Waals surface area contributed by atoms with E-state index in [1.165, 1.54) is 0 Å². The molecule has 98 valence electrons. The average molecular weight is 271 g/mol. The number of hydrogen-bond acceptors (Lipinski definition) is 3. The molecule has 0 aliphatic heterocycles. The molecule has 0 amide bonds. The van der Waals surface area contributed by atoms with E-state index in [-0.39, 0.29) is 0 Å². The van der Waals surface area contributed by atoms with E-state index >= 15 is 0 Å². The van der Waals surface area contributed by atoms with Gasteiger partial charge in [0.15, 0.2) is 0 Å². The lowest BCUT2D eigenvalue weighted by molar-refractivity contribution is 0.300. The Morgan fingerprint density at radius 2 is 2.05 bits per heavy atom. The Hall–Kier alpha value is -1.74. The van der Waals surface area contributed by atoms with Gasteiger partial charge in [-0.25, -0.2) is 0 Å². The number of aromatic nitrogens is 1. The van der Waals surface area contributed by atoms with Gasteiger partial charge in [0, 0.05) is 17.5 Å². The van der Waals surface area contributed by atoms with Crippen LogP contribution in [-0.4, -0.2) is 4.98 Å².